The van der Waals surface area contributed by atoms with Crippen LogP contribution in [0, 0.1) is 18.0 Å². The molecule has 3 heteroatoms. The molecule has 128 valence electrons. The summed E-state index contributed by atoms with van der Waals surface area (Å²) in [5, 5.41) is 21.3. The normalized spacial score (nSPS) is 34.9. The van der Waals surface area contributed by atoms with Crippen LogP contribution in [0.1, 0.15) is 81.5 Å². The zero-order valence-corrected chi connectivity index (χ0v) is 15.2. The van der Waals surface area contributed by atoms with Crippen LogP contribution in [0.5, 0.6) is 0 Å². The van der Waals surface area contributed by atoms with E-state index in [1.807, 2.05) is 6.92 Å². The average molecular weight is 317 g/mol. The van der Waals surface area contributed by atoms with Crippen molar-refractivity contribution >= 4 is 0 Å². The second kappa shape index (κ2) is 5.58. The molecule has 0 spiro atoms. The highest BCUT2D eigenvalue weighted by Gasteiger charge is 2.55. The van der Waals surface area contributed by atoms with Crippen LogP contribution in [-0.4, -0.2) is 10.7 Å². The third kappa shape index (κ3) is 2.45. The fourth-order valence-corrected chi connectivity index (χ4v) is 5.52. The van der Waals surface area contributed by atoms with Crippen molar-refractivity contribution in [2.75, 3.05) is 0 Å². The second-order valence-corrected chi connectivity index (χ2v) is 8.61. The van der Waals surface area contributed by atoms with Crippen LogP contribution < -0.4 is 5.23 Å². The summed E-state index contributed by atoms with van der Waals surface area (Å²) >= 11 is 0. The van der Waals surface area contributed by atoms with E-state index in [4.69, 9.17) is 0 Å². The van der Waals surface area contributed by atoms with Gasteiger partial charge >= 0.3 is 0 Å². The van der Waals surface area contributed by atoms with E-state index in [0.29, 0.717) is 5.92 Å². The molecule has 2 aliphatic rings. The lowest BCUT2D eigenvalue weighted by molar-refractivity contribution is -1.09. The minimum Gasteiger partial charge on any atom is -0.600 e. The molecule has 0 bridgehead atoms. The van der Waals surface area contributed by atoms with E-state index in [1.165, 1.54) is 22.3 Å². The zero-order chi connectivity index (χ0) is 17.0. The van der Waals surface area contributed by atoms with E-state index in [-0.39, 0.29) is 11.3 Å². The molecule has 4 atom stereocenters. The summed E-state index contributed by atoms with van der Waals surface area (Å²) in [6.45, 7) is 11.0. The van der Waals surface area contributed by atoms with E-state index in [2.05, 4.69) is 39.8 Å². The van der Waals surface area contributed by atoms with E-state index in [1.54, 1.807) is 0 Å². The highest BCUT2D eigenvalue weighted by atomic mass is 16.8. The lowest BCUT2D eigenvalue weighted by atomic mass is 9.52. The first-order valence-corrected chi connectivity index (χ1v) is 9.07. The van der Waals surface area contributed by atoms with E-state index in [0.717, 1.165) is 32.1 Å². The molecule has 0 heterocycles. The minimum atomic E-state index is -0.604. The molecule has 0 aliphatic heterocycles. The fourth-order valence-electron chi connectivity index (χ4n) is 5.52. The van der Waals surface area contributed by atoms with E-state index in [9.17, 15) is 10.4 Å². The third-order valence-corrected chi connectivity index (χ3v) is 6.85. The SMILES string of the molecule is Cc1cc2c(cc1C(C)C)CCC1C2(C)CCCC1(C)[NH+]([O-])O. The van der Waals surface area contributed by atoms with Crippen molar-refractivity contribution in [1.29, 1.82) is 0 Å². The molecular weight excluding hydrogens is 286 g/mol. The second-order valence-electron chi connectivity index (χ2n) is 8.61. The number of hydrogen-bond donors (Lipinski definition) is 2. The van der Waals surface area contributed by atoms with Crippen molar-refractivity contribution in [3.8, 4) is 0 Å². The van der Waals surface area contributed by atoms with Crippen molar-refractivity contribution in [3.63, 3.8) is 0 Å². The predicted molar refractivity (Wildman–Crippen MR) is 92.8 cm³/mol. The molecule has 1 aromatic carbocycles. The molecule has 3 rings (SSSR count). The number of benzene rings is 1. The number of rotatable bonds is 2. The van der Waals surface area contributed by atoms with Crippen LogP contribution in [0.4, 0.5) is 0 Å². The van der Waals surface area contributed by atoms with Gasteiger partial charge in [-0.25, -0.2) is 10.4 Å². The van der Waals surface area contributed by atoms with Gasteiger partial charge in [0.1, 0.15) is 5.54 Å². The van der Waals surface area contributed by atoms with Crippen LogP contribution in [0.15, 0.2) is 12.1 Å². The molecule has 2 N–H and O–H groups in total. The van der Waals surface area contributed by atoms with E-state index < -0.39 is 10.8 Å². The molecule has 0 saturated heterocycles. The van der Waals surface area contributed by atoms with Crippen LogP contribution in [-0.2, 0) is 11.8 Å². The third-order valence-electron chi connectivity index (χ3n) is 6.85. The van der Waals surface area contributed by atoms with Crippen LogP contribution in [0.3, 0.4) is 0 Å². The average Bonchev–Trinajstić information content (AvgIpc) is 2.46. The Bertz CT molecular complexity index is 610. The van der Waals surface area contributed by atoms with Crippen LogP contribution in [0.25, 0.3) is 0 Å². The van der Waals surface area contributed by atoms with Gasteiger partial charge in [0, 0.05) is 17.8 Å². The summed E-state index contributed by atoms with van der Waals surface area (Å²) in [6, 6.07) is 4.79. The van der Waals surface area contributed by atoms with Crippen molar-refractivity contribution in [2.24, 2.45) is 5.92 Å². The Morgan fingerprint density at radius 3 is 2.57 bits per heavy atom. The Morgan fingerprint density at radius 1 is 1.26 bits per heavy atom. The van der Waals surface area contributed by atoms with Crippen LogP contribution in [0.2, 0.25) is 0 Å². The summed E-state index contributed by atoms with van der Waals surface area (Å²) in [6.07, 6.45) is 4.99. The molecule has 0 aromatic heterocycles. The number of nitrogens with one attached hydrogen (secondary N) is 1. The van der Waals surface area contributed by atoms with Gasteiger partial charge in [-0.3, -0.25) is 0 Å². The quantitative estimate of drug-likeness (QED) is 0.818. The summed E-state index contributed by atoms with van der Waals surface area (Å²) in [7, 11) is 0. The standard InChI is InChI=1S/C20H31NO2/c1-13(2)16-12-15-7-8-18-19(4,17(15)11-14(16)3)9-6-10-20(18,5)21(22)23/h11-13,18,21-22H,6-10H2,1-5H3. The minimum absolute atomic E-state index is 0.0131. The topological polar surface area (TPSA) is 47.7 Å². The predicted octanol–water partition coefficient (Wildman–Crippen LogP) is 3.65. The molecule has 2 aliphatic carbocycles. The monoisotopic (exact) mass is 317 g/mol. The Balaban J connectivity index is 2.11. The molecule has 3 nitrogen and oxygen atoms in total. The number of hydrogen-bond acceptors (Lipinski definition) is 2. The highest BCUT2D eigenvalue weighted by Crippen LogP contribution is 2.53. The molecule has 23 heavy (non-hydrogen) atoms. The van der Waals surface area contributed by atoms with Gasteiger partial charge in [-0.2, -0.15) is 0 Å². The molecule has 0 radical (unpaired) electrons. The maximum absolute atomic E-state index is 12.0. The molecule has 1 fully saturated rings. The number of quaternary nitrogens is 1. The smallest absolute Gasteiger partial charge is 0.128 e. The van der Waals surface area contributed by atoms with Gasteiger partial charge in [-0.15, -0.1) is 0 Å². The summed E-state index contributed by atoms with van der Waals surface area (Å²) in [4.78, 5) is 0. The zero-order valence-electron chi connectivity index (χ0n) is 15.2. The maximum Gasteiger partial charge on any atom is 0.128 e. The Hall–Kier alpha value is -0.900. The van der Waals surface area contributed by atoms with Gasteiger partial charge in [-0.05, 0) is 67.7 Å². The lowest BCUT2D eigenvalue weighted by Gasteiger charge is -2.55. The lowest BCUT2D eigenvalue weighted by Crippen LogP contribution is -3.15. The first-order chi connectivity index (χ1) is 10.7. The fraction of sp³-hybridized carbons (Fsp3) is 0.700. The summed E-state index contributed by atoms with van der Waals surface area (Å²) < 4.78 is 0. The molecule has 1 saturated carbocycles. The largest absolute Gasteiger partial charge is 0.600 e. The molecule has 0 amide bonds. The van der Waals surface area contributed by atoms with Gasteiger partial charge in [0.05, 0.1) is 0 Å². The van der Waals surface area contributed by atoms with Crippen LogP contribution >= 0.6 is 0 Å². The van der Waals surface area contributed by atoms with Crippen molar-refractivity contribution < 1.29 is 10.4 Å². The van der Waals surface area contributed by atoms with Crippen molar-refractivity contribution in [3.05, 3.63) is 39.6 Å². The first kappa shape index (κ1) is 16.9. The summed E-state index contributed by atoms with van der Waals surface area (Å²) in [5.41, 5.74) is 5.15. The van der Waals surface area contributed by atoms with Gasteiger partial charge in [0.25, 0.3) is 0 Å². The summed E-state index contributed by atoms with van der Waals surface area (Å²) in [5.74, 6) is 0.791. The van der Waals surface area contributed by atoms with Crippen molar-refractivity contribution in [2.45, 2.75) is 83.6 Å². The Morgan fingerprint density at radius 2 is 1.96 bits per heavy atom. The van der Waals surface area contributed by atoms with Crippen molar-refractivity contribution in [1.82, 2.24) is 0 Å². The molecule has 1 aromatic rings. The van der Waals surface area contributed by atoms with Gasteiger partial charge < -0.3 is 5.21 Å². The molecule has 4 unspecified atom stereocenters. The Labute approximate surface area is 140 Å². The first-order valence-electron chi connectivity index (χ1n) is 9.07. The number of hydroxylamine groups is 2. The Kier molecular flexibility index (Phi) is 4.11. The van der Waals surface area contributed by atoms with Gasteiger partial charge in [0.2, 0.25) is 0 Å². The number of aryl methyl sites for hydroxylation is 2. The van der Waals surface area contributed by atoms with Gasteiger partial charge in [0.15, 0.2) is 0 Å². The maximum atomic E-state index is 12.0. The van der Waals surface area contributed by atoms with Gasteiger partial charge in [-0.1, -0.05) is 32.9 Å². The molecular formula is C20H31NO2. The number of fused-ring (bicyclic) bond motifs is 3. The highest BCUT2D eigenvalue weighted by molar-refractivity contribution is 5.46. The van der Waals surface area contributed by atoms with E-state index >= 15 is 0 Å².